The van der Waals surface area contributed by atoms with Gasteiger partial charge in [0.05, 0.1) is 11.1 Å². The molecule has 4 aromatic rings. The summed E-state index contributed by atoms with van der Waals surface area (Å²) in [4.78, 5) is 32.4. The van der Waals surface area contributed by atoms with E-state index in [0.717, 1.165) is 16.7 Å². The number of carboxylic acids is 1. The van der Waals surface area contributed by atoms with E-state index in [-0.39, 0.29) is 34.2 Å². The number of hydrogen-bond acceptors (Lipinski definition) is 7. The number of aromatic nitrogens is 2. The van der Waals surface area contributed by atoms with Crippen LogP contribution >= 0.6 is 0 Å². The van der Waals surface area contributed by atoms with E-state index in [1.54, 1.807) is 12.1 Å². The first kappa shape index (κ1) is 25.8. The monoisotopic (exact) mass is 510 g/mol. The molecule has 2 aromatic heterocycles. The predicted molar refractivity (Wildman–Crippen MR) is 140 cm³/mol. The van der Waals surface area contributed by atoms with Crippen LogP contribution < -0.4 is 16.4 Å². The zero-order valence-electron chi connectivity index (χ0n) is 20.1. The number of nitrogen functional groups attached to an aromatic ring is 1. The lowest BCUT2D eigenvalue weighted by Crippen LogP contribution is -2.27. The highest BCUT2D eigenvalue weighted by molar-refractivity contribution is 5.99. The molecule has 0 radical (unpaired) electrons. The first-order chi connectivity index (χ1) is 18.3. The molecule has 5 N–H and O–H groups in total. The molecular weight excluding hydrogens is 487 g/mol. The smallest absolute Gasteiger partial charge is 0.339 e. The molecule has 0 aliphatic heterocycles. The highest BCUT2D eigenvalue weighted by Crippen LogP contribution is 2.23. The molecule has 0 saturated heterocycles. The first-order valence-electron chi connectivity index (χ1n) is 11.6. The van der Waals surface area contributed by atoms with Crippen LogP contribution in [-0.2, 0) is 13.0 Å². The van der Waals surface area contributed by atoms with Crippen molar-refractivity contribution < 1.29 is 19.1 Å². The molecule has 9 nitrogen and oxygen atoms in total. The predicted octanol–water partition coefficient (Wildman–Crippen LogP) is 4.02. The Balaban J connectivity index is 1.43. The quantitative estimate of drug-likeness (QED) is 0.263. The Hall–Kier alpha value is -5.30. The number of nitriles is 1. The number of nitrogens with two attached hydrogens (primary N) is 1. The number of benzene rings is 2. The van der Waals surface area contributed by atoms with Gasteiger partial charge in [0.25, 0.3) is 5.91 Å². The number of carbonyl (C=O) groups is 2. The van der Waals surface area contributed by atoms with Gasteiger partial charge in [0, 0.05) is 31.0 Å². The van der Waals surface area contributed by atoms with Crippen molar-refractivity contribution in [2.75, 3.05) is 17.6 Å². The Morgan fingerprint density at radius 2 is 1.66 bits per heavy atom. The number of rotatable bonds is 9. The van der Waals surface area contributed by atoms with Crippen molar-refractivity contribution in [3.8, 4) is 17.2 Å². The second-order valence-corrected chi connectivity index (χ2v) is 8.38. The minimum Gasteiger partial charge on any atom is -0.478 e. The van der Waals surface area contributed by atoms with Gasteiger partial charge < -0.3 is 21.5 Å². The van der Waals surface area contributed by atoms with E-state index >= 15 is 0 Å². The molecule has 2 aromatic carbocycles. The van der Waals surface area contributed by atoms with Crippen LogP contribution in [0, 0.1) is 17.1 Å². The zero-order chi connectivity index (χ0) is 27.1. The third-order valence-electron chi connectivity index (χ3n) is 5.77. The van der Waals surface area contributed by atoms with Crippen LogP contribution in [0.1, 0.15) is 37.4 Å². The van der Waals surface area contributed by atoms with Gasteiger partial charge in [-0.3, -0.25) is 4.79 Å². The molecule has 0 saturated carbocycles. The maximum absolute atomic E-state index is 13.1. The molecule has 0 atom stereocenters. The lowest BCUT2D eigenvalue weighted by atomic mass is 10.0. The fourth-order valence-corrected chi connectivity index (χ4v) is 3.71. The van der Waals surface area contributed by atoms with Crippen LogP contribution in [0.25, 0.3) is 11.1 Å². The molecule has 0 aliphatic carbocycles. The van der Waals surface area contributed by atoms with Crippen LogP contribution in [0.4, 0.5) is 16.0 Å². The molecule has 10 heteroatoms. The summed E-state index contributed by atoms with van der Waals surface area (Å²) in [5, 5.41) is 24.5. The largest absolute Gasteiger partial charge is 0.478 e. The second-order valence-electron chi connectivity index (χ2n) is 8.38. The van der Waals surface area contributed by atoms with Crippen molar-refractivity contribution in [3.05, 3.63) is 107 Å². The normalized spacial score (nSPS) is 10.4. The second kappa shape index (κ2) is 11.6. The number of nitrogens with zero attached hydrogens (tertiary/aromatic N) is 3. The third-order valence-corrected chi connectivity index (χ3v) is 5.77. The molecule has 0 fully saturated rings. The number of halogens is 1. The topological polar surface area (TPSA) is 154 Å². The van der Waals surface area contributed by atoms with Gasteiger partial charge in [-0.25, -0.2) is 19.2 Å². The first-order valence-corrected chi connectivity index (χ1v) is 11.6. The van der Waals surface area contributed by atoms with Crippen LogP contribution in [0.3, 0.4) is 0 Å². The molecule has 1 amide bonds. The van der Waals surface area contributed by atoms with Crippen molar-refractivity contribution in [1.82, 2.24) is 15.3 Å². The average Bonchev–Trinajstić information content (AvgIpc) is 2.93. The van der Waals surface area contributed by atoms with Crippen molar-refractivity contribution in [2.24, 2.45) is 0 Å². The minimum atomic E-state index is -1.15. The summed E-state index contributed by atoms with van der Waals surface area (Å²) < 4.78 is 13.1. The minimum absolute atomic E-state index is 0.0488. The standard InChI is InChI=1S/C28H23FN6O3/c29-22-7-3-17(4-8-22)9-10-32-27(36)24-11-19(13-30)15-35-26(24)34-14-18-1-5-20(6-2-18)21-12-23(28(37)38)25(31)33-16-21/h1-8,11-12,15-16H,9-10,14H2,(H2,31,33)(H,32,36)(H,34,35)(H,37,38). The van der Waals surface area contributed by atoms with Crippen LogP contribution in [0.2, 0.25) is 0 Å². The van der Waals surface area contributed by atoms with E-state index in [4.69, 9.17) is 5.73 Å². The fourth-order valence-electron chi connectivity index (χ4n) is 3.71. The Morgan fingerprint density at radius 3 is 2.34 bits per heavy atom. The van der Waals surface area contributed by atoms with E-state index in [1.165, 1.54) is 36.7 Å². The van der Waals surface area contributed by atoms with E-state index in [1.807, 2.05) is 30.3 Å². The van der Waals surface area contributed by atoms with Crippen molar-refractivity contribution in [3.63, 3.8) is 0 Å². The van der Waals surface area contributed by atoms with Crippen molar-refractivity contribution >= 4 is 23.5 Å². The maximum Gasteiger partial charge on any atom is 0.339 e. The highest BCUT2D eigenvalue weighted by atomic mass is 19.1. The number of hydrogen-bond donors (Lipinski definition) is 4. The average molecular weight is 511 g/mol. The number of carbonyl (C=O) groups excluding carboxylic acids is 1. The van der Waals surface area contributed by atoms with Crippen LogP contribution in [-0.4, -0.2) is 33.5 Å². The van der Waals surface area contributed by atoms with Crippen LogP contribution in [0.5, 0.6) is 0 Å². The van der Waals surface area contributed by atoms with Crippen LogP contribution in [0.15, 0.2) is 73.1 Å². The summed E-state index contributed by atoms with van der Waals surface area (Å²) in [6.45, 7) is 0.668. The SMILES string of the molecule is N#Cc1cnc(NCc2ccc(-c3cnc(N)c(C(=O)O)c3)cc2)c(C(=O)NCCc2ccc(F)cc2)c1. The van der Waals surface area contributed by atoms with E-state index in [0.29, 0.717) is 30.9 Å². The molecule has 4 rings (SSSR count). The fraction of sp³-hybridized carbons (Fsp3) is 0.107. The van der Waals surface area contributed by atoms with E-state index < -0.39 is 5.97 Å². The summed E-state index contributed by atoms with van der Waals surface area (Å²) in [6, 6.07) is 18.3. The van der Waals surface area contributed by atoms with Gasteiger partial charge in [0.15, 0.2) is 0 Å². The number of nitrogens with one attached hydrogen (secondary N) is 2. The summed E-state index contributed by atoms with van der Waals surface area (Å²) >= 11 is 0. The lowest BCUT2D eigenvalue weighted by molar-refractivity contribution is 0.0697. The lowest BCUT2D eigenvalue weighted by Gasteiger charge is -2.12. The summed E-state index contributed by atoms with van der Waals surface area (Å²) in [6.07, 6.45) is 3.41. The molecule has 2 heterocycles. The van der Waals surface area contributed by atoms with Gasteiger partial charge in [-0.05, 0) is 47.4 Å². The van der Waals surface area contributed by atoms with E-state index in [2.05, 4.69) is 20.6 Å². The van der Waals surface area contributed by atoms with Crippen molar-refractivity contribution in [1.29, 1.82) is 5.26 Å². The summed E-state index contributed by atoms with van der Waals surface area (Å²) in [7, 11) is 0. The highest BCUT2D eigenvalue weighted by Gasteiger charge is 2.15. The van der Waals surface area contributed by atoms with Gasteiger partial charge in [0.1, 0.15) is 29.1 Å². The Labute approximate surface area is 217 Å². The molecule has 190 valence electrons. The maximum atomic E-state index is 13.1. The molecule has 0 spiro atoms. The molecule has 0 aliphatic rings. The number of anilines is 2. The molecule has 38 heavy (non-hydrogen) atoms. The molecular formula is C28H23FN6O3. The van der Waals surface area contributed by atoms with Gasteiger partial charge in [0.2, 0.25) is 0 Å². The summed E-state index contributed by atoms with van der Waals surface area (Å²) in [5.74, 6) is -1.59. The van der Waals surface area contributed by atoms with Crippen molar-refractivity contribution in [2.45, 2.75) is 13.0 Å². The van der Waals surface area contributed by atoms with E-state index in [9.17, 15) is 24.3 Å². The number of pyridine rings is 2. The number of carboxylic acid groups (broad SMARTS) is 1. The van der Waals surface area contributed by atoms with Gasteiger partial charge in [-0.15, -0.1) is 0 Å². The van der Waals surface area contributed by atoms with Gasteiger partial charge in [-0.2, -0.15) is 5.26 Å². The molecule has 0 bridgehead atoms. The zero-order valence-corrected chi connectivity index (χ0v) is 20.1. The number of amides is 1. The number of aromatic carboxylic acids is 1. The Bertz CT molecular complexity index is 1520. The third kappa shape index (κ3) is 6.27. The Kier molecular flexibility index (Phi) is 7.89. The summed E-state index contributed by atoms with van der Waals surface area (Å²) in [5.41, 5.74) is 9.19. The van der Waals surface area contributed by atoms with Gasteiger partial charge >= 0.3 is 5.97 Å². The van der Waals surface area contributed by atoms with Gasteiger partial charge in [-0.1, -0.05) is 36.4 Å². The molecule has 0 unspecified atom stereocenters. The Morgan fingerprint density at radius 1 is 0.947 bits per heavy atom.